The van der Waals surface area contributed by atoms with Crippen LogP contribution in [0.3, 0.4) is 0 Å². The zero-order valence-electron chi connectivity index (χ0n) is 15.9. The molecule has 148 valence electrons. The molecular weight excluding hydrogens is 405 g/mol. The van der Waals surface area contributed by atoms with Gasteiger partial charge >= 0.3 is 0 Å². The number of nitrogen functional groups attached to an aromatic ring is 1. The van der Waals surface area contributed by atoms with Crippen LogP contribution >= 0.6 is 23.2 Å². The molecule has 0 saturated heterocycles. The van der Waals surface area contributed by atoms with Crippen molar-refractivity contribution in [1.82, 2.24) is 19.5 Å². The van der Waals surface area contributed by atoms with Crippen LogP contribution in [-0.2, 0) is 6.42 Å². The quantitative estimate of drug-likeness (QED) is 0.416. The Labute approximate surface area is 178 Å². The zero-order chi connectivity index (χ0) is 20.0. The van der Waals surface area contributed by atoms with Crippen LogP contribution in [0.1, 0.15) is 37.3 Å². The van der Waals surface area contributed by atoms with Gasteiger partial charge < -0.3 is 10.3 Å². The van der Waals surface area contributed by atoms with Crippen molar-refractivity contribution >= 4 is 51.0 Å². The van der Waals surface area contributed by atoms with Crippen molar-refractivity contribution in [2.45, 2.75) is 38.1 Å². The number of nitrogens with two attached hydrogens (primary N) is 1. The monoisotopic (exact) mass is 425 g/mol. The third-order valence-electron chi connectivity index (χ3n) is 6.07. The molecule has 0 bridgehead atoms. The van der Waals surface area contributed by atoms with Gasteiger partial charge in [-0.25, -0.2) is 15.0 Å². The zero-order valence-corrected chi connectivity index (χ0v) is 17.4. The van der Waals surface area contributed by atoms with Crippen molar-refractivity contribution in [1.29, 1.82) is 0 Å². The van der Waals surface area contributed by atoms with Crippen molar-refractivity contribution < 1.29 is 0 Å². The van der Waals surface area contributed by atoms with Crippen molar-refractivity contribution in [2.24, 2.45) is 5.92 Å². The second-order valence-electron chi connectivity index (χ2n) is 7.88. The minimum atomic E-state index is 0.387. The summed E-state index contributed by atoms with van der Waals surface area (Å²) in [7, 11) is 0. The average Bonchev–Trinajstić information content (AvgIpc) is 3.35. The lowest BCUT2D eigenvalue weighted by Crippen LogP contribution is -2.06. The smallest absolute Gasteiger partial charge is 0.145 e. The fourth-order valence-electron chi connectivity index (χ4n) is 4.53. The Balaban J connectivity index is 1.27. The Kier molecular flexibility index (Phi) is 4.80. The summed E-state index contributed by atoms with van der Waals surface area (Å²) in [5, 5.41) is 2.98. The molecule has 0 amide bonds. The molecule has 1 aliphatic carbocycles. The molecule has 1 aromatic carbocycles. The van der Waals surface area contributed by atoms with Crippen molar-refractivity contribution in [2.75, 3.05) is 5.73 Å². The molecule has 4 aromatic rings. The first kappa shape index (κ1) is 18.6. The molecule has 3 heterocycles. The van der Waals surface area contributed by atoms with E-state index in [2.05, 4.69) is 43.9 Å². The summed E-state index contributed by atoms with van der Waals surface area (Å²) in [4.78, 5) is 12.9. The van der Waals surface area contributed by atoms with Gasteiger partial charge in [0.1, 0.15) is 22.9 Å². The van der Waals surface area contributed by atoms with E-state index in [1.165, 1.54) is 31.2 Å². The summed E-state index contributed by atoms with van der Waals surface area (Å²) in [5.74, 6) is 1.09. The maximum atomic E-state index is 6.20. The fourth-order valence-corrected chi connectivity index (χ4v) is 4.88. The average molecular weight is 426 g/mol. The first-order valence-electron chi connectivity index (χ1n) is 9.90. The maximum Gasteiger partial charge on any atom is 0.145 e. The van der Waals surface area contributed by atoms with Gasteiger partial charge in [-0.3, -0.25) is 0 Å². The molecule has 2 atom stereocenters. The number of aromatic nitrogens is 4. The number of pyridine rings is 1. The molecule has 3 aromatic heterocycles. The van der Waals surface area contributed by atoms with E-state index in [1.54, 1.807) is 6.33 Å². The highest BCUT2D eigenvalue weighted by Crippen LogP contribution is 2.39. The van der Waals surface area contributed by atoms with E-state index < -0.39 is 0 Å². The van der Waals surface area contributed by atoms with Crippen LogP contribution in [0.2, 0.25) is 10.2 Å². The third-order valence-corrected chi connectivity index (χ3v) is 6.68. The fraction of sp³-hybridized carbons (Fsp3) is 0.318. The molecule has 2 N–H and O–H groups in total. The van der Waals surface area contributed by atoms with E-state index in [0.29, 0.717) is 28.0 Å². The second kappa shape index (κ2) is 7.47. The second-order valence-corrected chi connectivity index (χ2v) is 8.64. The van der Waals surface area contributed by atoms with Gasteiger partial charge in [0.05, 0.1) is 15.9 Å². The van der Waals surface area contributed by atoms with Gasteiger partial charge in [0.2, 0.25) is 0 Å². The topological polar surface area (TPSA) is 69.6 Å². The van der Waals surface area contributed by atoms with E-state index >= 15 is 0 Å². The number of nitrogens with zero attached hydrogens (tertiary/aromatic N) is 4. The van der Waals surface area contributed by atoms with Crippen LogP contribution in [0.4, 0.5) is 5.82 Å². The Hall–Kier alpha value is -2.37. The molecule has 29 heavy (non-hydrogen) atoms. The number of hydrogen-bond acceptors (Lipinski definition) is 4. The molecular formula is C22H21Cl2N5. The van der Waals surface area contributed by atoms with Crippen molar-refractivity contribution in [3.05, 3.63) is 58.6 Å². The first-order chi connectivity index (χ1) is 14.1. The summed E-state index contributed by atoms with van der Waals surface area (Å²) in [6, 6.07) is 10.8. The van der Waals surface area contributed by atoms with Crippen LogP contribution in [0.5, 0.6) is 0 Å². The summed E-state index contributed by atoms with van der Waals surface area (Å²) >= 11 is 12.3. The number of anilines is 1. The van der Waals surface area contributed by atoms with Gasteiger partial charge in [-0.05, 0) is 61.8 Å². The van der Waals surface area contributed by atoms with Gasteiger partial charge in [-0.1, -0.05) is 35.3 Å². The molecule has 0 radical (unpaired) electrons. The molecule has 7 heteroatoms. The minimum absolute atomic E-state index is 0.387. The van der Waals surface area contributed by atoms with Gasteiger partial charge in [0.25, 0.3) is 0 Å². The molecule has 1 saturated carbocycles. The first-order valence-corrected chi connectivity index (χ1v) is 10.7. The number of halogens is 2. The molecule has 5 nitrogen and oxygen atoms in total. The number of benzene rings is 1. The third kappa shape index (κ3) is 3.53. The van der Waals surface area contributed by atoms with Gasteiger partial charge in [-0.15, -0.1) is 0 Å². The van der Waals surface area contributed by atoms with Crippen LogP contribution in [0, 0.1) is 5.92 Å². The molecule has 0 spiro atoms. The largest absolute Gasteiger partial charge is 0.382 e. The number of fused-ring (bicyclic) bond motifs is 2. The summed E-state index contributed by atoms with van der Waals surface area (Å²) in [6.45, 7) is 0. The Morgan fingerprint density at radius 1 is 1.10 bits per heavy atom. The molecule has 5 rings (SSSR count). The van der Waals surface area contributed by atoms with Crippen LogP contribution in [-0.4, -0.2) is 19.5 Å². The summed E-state index contributed by atoms with van der Waals surface area (Å²) < 4.78 is 2.27. The van der Waals surface area contributed by atoms with Crippen molar-refractivity contribution in [3.63, 3.8) is 0 Å². The standard InChI is InChI=1S/C22H21Cl2N5/c23-18-11-15-5-3-14(10-19(15)28-21(18)25)2-1-13-4-6-16(9-13)29-8-7-17-20(24)26-12-27-22(17)29/h3,5,7-8,10-13,16H,1-2,4,6,9H2,(H2,25,28)/t13-,16+/m1/s1. The van der Waals surface area contributed by atoms with E-state index in [9.17, 15) is 0 Å². The lowest BCUT2D eigenvalue weighted by atomic mass is 9.97. The number of hydrogen-bond donors (Lipinski definition) is 1. The highest BCUT2D eigenvalue weighted by Gasteiger charge is 2.27. The van der Waals surface area contributed by atoms with Crippen LogP contribution < -0.4 is 5.73 Å². The van der Waals surface area contributed by atoms with Crippen molar-refractivity contribution in [3.8, 4) is 0 Å². The Bertz CT molecular complexity index is 1200. The molecule has 0 aliphatic heterocycles. The molecule has 1 fully saturated rings. The Morgan fingerprint density at radius 3 is 2.90 bits per heavy atom. The van der Waals surface area contributed by atoms with E-state index in [1.807, 2.05) is 12.1 Å². The van der Waals surface area contributed by atoms with Gasteiger partial charge in [0.15, 0.2) is 0 Å². The van der Waals surface area contributed by atoms with E-state index in [4.69, 9.17) is 28.9 Å². The summed E-state index contributed by atoms with van der Waals surface area (Å²) in [5.41, 5.74) is 8.99. The minimum Gasteiger partial charge on any atom is -0.382 e. The van der Waals surface area contributed by atoms with E-state index in [-0.39, 0.29) is 0 Å². The summed E-state index contributed by atoms with van der Waals surface area (Å²) in [6.07, 6.45) is 9.42. The molecule has 1 aliphatic rings. The highest BCUT2D eigenvalue weighted by atomic mass is 35.5. The number of aryl methyl sites for hydroxylation is 1. The molecule has 0 unspecified atom stereocenters. The Morgan fingerprint density at radius 2 is 2.00 bits per heavy atom. The normalized spacial score (nSPS) is 19.4. The SMILES string of the molecule is Nc1nc2cc(CC[C@@H]3CC[C@H](n4ccc5c(Cl)ncnc54)C3)ccc2cc1Cl. The predicted molar refractivity (Wildman–Crippen MR) is 118 cm³/mol. The maximum absolute atomic E-state index is 6.20. The lowest BCUT2D eigenvalue weighted by molar-refractivity contribution is 0.461. The van der Waals surface area contributed by atoms with Crippen LogP contribution in [0.25, 0.3) is 21.9 Å². The predicted octanol–water partition coefficient (Wildman–Crippen LogP) is 5.84. The van der Waals surface area contributed by atoms with Crippen LogP contribution in [0.15, 0.2) is 42.9 Å². The van der Waals surface area contributed by atoms with Gasteiger partial charge in [0, 0.05) is 17.6 Å². The lowest BCUT2D eigenvalue weighted by Gasteiger charge is -2.14. The van der Waals surface area contributed by atoms with Gasteiger partial charge in [-0.2, -0.15) is 0 Å². The van der Waals surface area contributed by atoms with E-state index in [0.717, 1.165) is 28.4 Å². The number of rotatable bonds is 4. The highest BCUT2D eigenvalue weighted by molar-refractivity contribution is 6.34.